The summed E-state index contributed by atoms with van der Waals surface area (Å²) in [4.78, 5) is 0. The van der Waals surface area contributed by atoms with Crippen LogP contribution in [0.4, 0.5) is 0 Å². The number of rotatable bonds is 3. The van der Waals surface area contributed by atoms with Gasteiger partial charge in [-0.1, -0.05) is 133 Å². The number of furan rings is 1. The Morgan fingerprint density at radius 2 is 1.09 bits per heavy atom. The van der Waals surface area contributed by atoms with Crippen LogP contribution >= 0.6 is 0 Å². The van der Waals surface area contributed by atoms with Crippen molar-refractivity contribution in [3.63, 3.8) is 0 Å². The van der Waals surface area contributed by atoms with Gasteiger partial charge in [0, 0.05) is 10.8 Å². The van der Waals surface area contributed by atoms with Crippen LogP contribution in [0.2, 0.25) is 0 Å². The molecule has 0 aliphatic carbocycles. The van der Waals surface area contributed by atoms with Gasteiger partial charge < -0.3 is 4.42 Å². The van der Waals surface area contributed by atoms with Crippen LogP contribution in [-0.4, -0.2) is 0 Å². The maximum atomic E-state index is 9.63. The lowest BCUT2D eigenvalue weighted by atomic mass is 9.85. The molecule has 0 radical (unpaired) electrons. The van der Waals surface area contributed by atoms with Crippen LogP contribution in [-0.2, 0) is 0 Å². The minimum Gasteiger partial charge on any atom is -0.456 e. The SMILES string of the molecule is [2H]c1c([2H])c([2H])c(-c2c([2H])c([2H])c([2H])c3oc4c([2H])c(-c5c6ccccc6c(-c6ccc7ccccc7c6)c6ccccc56)c([2H])c([2H])c4c23)c([2H])c1[2H]. The van der Waals surface area contributed by atoms with E-state index in [1.807, 2.05) is 60.7 Å². The zero-order valence-electron chi connectivity index (χ0n) is 33.6. The Bertz CT molecular complexity index is 3040. The fourth-order valence-electron chi connectivity index (χ4n) is 6.19. The number of hydrogen-bond donors (Lipinski definition) is 0. The van der Waals surface area contributed by atoms with Gasteiger partial charge in [-0.05, 0) is 89.9 Å². The van der Waals surface area contributed by atoms with Gasteiger partial charge >= 0.3 is 0 Å². The molecule has 0 N–H and O–H groups in total. The van der Waals surface area contributed by atoms with Gasteiger partial charge in [0.25, 0.3) is 0 Å². The molecule has 0 fully saturated rings. The normalized spacial score (nSPS) is 15.3. The van der Waals surface area contributed by atoms with Crippen LogP contribution in [0.1, 0.15) is 15.1 Å². The first kappa shape index (κ1) is 15.5. The number of benzene rings is 8. The Labute approximate surface area is 264 Å². The van der Waals surface area contributed by atoms with Crippen molar-refractivity contribution in [2.45, 2.75) is 0 Å². The van der Waals surface area contributed by atoms with Crippen LogP contribution < -0.4 is 0 Å². The predicted molar refractivity (Wildman–Crippen MR) is 183 cm³/mol. The summed E-state index contributed by atoms with van der Waals surface area (Å²) in [5.41, 5.74) is 1.45. The molecule has 1 heteroatoms. The van der Waals surface area contributed by atoms with E-state index in [2.05, 4.69) is 30.3 Å². The van der Waals surface area contributed by atoms with E-state index in [4.69, 9.17) is 15.4 Å². The lowest BCUT2D eigenvalue weighted by molar-refractivity contribution is 0.669. The molecular weight excluding hydrogens is 520 g/mol. The first-order valence-corrected chi connectivity index (χ1v) is 13.9. The van der Waals surface area contributed by atoms with Gasteiger partial charge in [-0.2, -0.15) is 0 Å². The lowest BCUT2D eigenvalue weighted by Crippen LogP contribution is -1.91. The molecule has 0 saturated carbocycles. The molecule has 0 bridgehead atoms. The smallest absolute Gasteiger partial charge is 0.136 e. The van der Waals surface area contributed by atoms with Gasteiger partial charge in [-0.15, -0.1) is 0 Å². The van der Waals surface area contributed by atoms with E-state index < -0.39 is 59.9 Å². The van der Waals surface area contributed by atoms with E-state index >= 15 is 0 Å². The molecule has 9 aromatic rings. The molecular formula is C42H26O. The Kier molecular flexibility index (Phi) is 3.41. The molecule has 0 unspecified atom stereocenters. The summed E-state index contributed by atoms with van der Waals surface area (Å²) in [6.07, 6.45) is 0. The van der Waals surface area contributed by atoms with Crippen molar-refractivity contribution in [2.24, 2.45) is 0 Å². The first-order chi connectivity index (χ1) is 25.9. The minimum absolute atomic E-state index is 0.108. The van der Waals surface area contributed by atoms with Crippen LogP contribution in [0, 0.1) is 0 Å². The summed E-state index contributed by atoms with van der Waals surface area (Å²) in [6, 6.07) is 23.9. The molecule has 1 nitrogen and oxygen atoms in total. The Balaban J connectivity index is 1.42. The number of hydrogen-bond acceptors (Lipinski definition) is 1. The van der Waals surface area contributed by atoms with Crippen LogP contribution in [0.3, 0.4) is 0 Å². The second kappa shape index (κ2) is 9.44. The largest absolute Gasteiger partial charge is 0.456 e. The van der Waals surface area contributed by atoms with Gasteiger partial charge in [-0.25, -0.2) is 0 Å². The molecule has 8 aromatic carbocycles. The second-order valence-electron chi connectivity index (χ2n) is 10.4. The molecule has 1 aromatic heterocycles. The summed E-state index contributed by atoms with van der Waals surface area (Å²) in [7, 11) is 0. The van der Waals surface area contributed by atoms with E-state index in [-0.39, 0.29) is 45.2 Å². The third-order valence-corrected chi connectivity index (χ3v) is 8.04. The number of fused-ring (bicyclic) bond motifs is 6. The monoisotopic (exact) mass is 557 g/mol. The third kappa shape index (κ3) is 3.72. The molecule has 0 amide bonds. The van der Waals surface area contributed by atoms with Crippen molar-refractivity contribution in [3.8, 4) is 33.4 Å². The molecule has 0 atom stereocenters. The molecule has 1 heterocycles. The highest BCUT2D eigenvalue weighted by atomic mass is 16.3. The van der Waals surface area contributed by atoms with Crippen LogP contribution in [0.5, 0.6) is 0 Å². The summed E-state index contributed by atoms with van der Waals surface area (Å²) in [5, 5.41) is 5.14. The maximum Gasteiger partial charge on any atom is 0.136 e. The average Bonchev–Trinajstić information content (AvgIpc) is 3.59. The van der Waals surface area contributed by atoms with Crippen molar-refractivity contribution in [1.29, 1.82) is 0 Å². The molecule has 0 spiro atoms. The lowest BCUT2D eigenvalue weighted by Gasteiger charge is -2.18. The zero-order valence-corrected chi connectivity index (χ0v) is 22.6. The van der Waals surface area contributed by atoms with E-state index in [0.717, 1.165) is 43.4 Å². The summed E-state index contributed by atoms with van der Waals surface area (Å²) in [6.45, 7) is 0. The van der Waals surface area contributed by atoms with Crippen LogP contribution in [0.25, 0.3) is 87.6 Å². The van der Waals surface area contributed by atoms with Gasteiger partial charge in [0.15, 0.2) is 0 Å². The molecule has 0 aliphatic heterocycles. The fourth-order valence-corrected chi connectivity index (χ4v) is 6.19. The quantitative estimate of drug-likeness (QED) is 0.197. The Morgan fingerprint density at radius 1 is 0.442 bits per heavy atom. The van der Waals surface area contributed by atoms with Crippen molar-refractivity contribution in [3.05, 3.63) is 157 Å². The van der Waals surface area contributed by atoms with E-state index in [1.54, 1.807) is 0 Å². The van der Waals surface area contributed by atoms with Gasteiger partial charge in [0.1, 0.15) is 11.2 Å². The predicted octanol–water partition coefficient (Wildman–Crippen LogP) is 12.0. The highest BCUT2D eigenvalue weighted by molar-refractivity contribution is 6.22. The fraction of sp³-hybridized carbons (Fsp3) is 0. The van der Waals surface area contributed by atoms with Crippen molar-refractivity contribution in [1.82, 2.24) is 0 Å². The average molecular weight is 558 g/mol. The van der Waals surface area contributed by atoms with E-state index in [9.17, 15) is 4.11 Å². The molecule has 43 heavy (non-hydrogen) atoms. The summed E-state index contributed by atoms with van der Waals surface area (Å²) >= 11 is 0. The standard InChI is InChI=1S/C42H26O/c1-2-12-28(13-3-1)32-19-10-20-38-42(32)37-24-23-31(26-39(37)43-38)41-35-17-8-6-15-33(35)40(34-16-7-9-18-36(34)41)30-22-21-27-11-4-5-14-29(27)25-30/h1-26H/i1D,2D,3D,10D,12D,13D,19D,20D,23D,24D,26D. The zero-order chi connectivity index (χ0) is 37.9. The van der Waals surface area contributed by atoms with Gasteiger partial charge in [-0.3, -0.25) is 0 Å². The second-order valence-corrected chi connectivity index (χ2v) is 10.4. The van der Waals surface area contributed by atoms with Crippen molar-refractivity contribution < 1.29 is 19.5 Å². The highest BCUT2D eigenvalue weighted by Gasteiger charge is 2.19. The maximum absolute atomic E-state index is 9.63. The Hall–Kier alpha value is -5.66. The van der Waals surface area contributed by atoms with Crippen LogP contribution in [0.15, 0.2) is 162 Å². The third-order valence-electron chi connectivity index (χ3n) is 8.04. The highest BCUT2D eigenvalue weighted by Crippen LogP contribution is 2.45. The Morgan fingerprint density at radius 3 is 1.81 bits per heavy atom. The van der Waals surface area contributed by atoms with E-state index in [1.165, 1.54) is 0 Å². The van der Waals surface area contributed by atoms with E-state index in [0.29, 0.717) is 5.56 Å². The van der Waals surface area contributed by atoms with Crippen molar-refractivity contribution in [2.75, 3.05) is 0 Å². The van der Waals surface area contributed by atoms with Gasteiger partial charge in [0.2, 0.25) is 0 Å². The summed E-state index contributed by atoms with van der Waals surface area (Å²) < 4.78 is 103. The molecule has 200 valence electrons. The molecule has 0 saturated heterocycles. The molecule has 0 aliphatic rings. The van der Waals surface area contributed by atoms with Crippen molar-refractivity contribution >= 4 is 54.3 Å². The minimum atomic E-state index is -0.658. The summed E-state index contributed by atoms with van der Waals surface area (Å²) in [5.74, 6) is 0. The molecule has 9 rings (SSSR count). The topological polar surface area (TPSA) is 13.1 Å². The van der Waals surface area contributed by atoms with Gasteiger partial charge in [0.05, 0.1) is 15.1 Å². The first-order valence-electron chi connectivity index (χ1n) is 19.4.